The molecule has 0 saturated carbocycles. The smallest absolute Gasteiger partial charge is 0.328 e. The number of hydrogen-bond donors (Lipinski definition) is 3. The number of nitrogens with zero attached hydrogens (tertiary/aromatic N) is 1. The molecular formula is C21H31N3O5. The number of benzene rings is 1. The Labute approximate surface area is 171 Å². The van der Waals surface area contributed by atoms with Crippen LogP contribution in [-0.2, 0) is 25.5 Å². The Bertz CT molecular complexity index is 704. The van der Waals surface area contributed by atoms with E-state index in [-0.39, 0.29) is 24.5 Å². The van der Waals surface area contributed by atoms with Gasteiger partial charge in [0.25, 0.3) is 5.91 Å². The molecule has 0 fully saturated rings. The first-order valence-electron chi connectivity index (χ1n) is 9.76. The number of carbonyl (C=O) groups is 3. The number of methoxy groups -OCH3 is 1. The van der Waals surface area contributed by atoms with Crippen LogP contribution in [0.3, 0.4) is 0 Å². The molecule has 0 aliphatic heterocycles. The minimum Gasteiger partial charge on any atom is -0.467 e. The molecule has 2 atom stereocenters. The molecular weight excluding hydrogens is 374 g/mol. The van der Waals surface area contributed by atoms with Gasteiger partial charge in [0.05, 0.1) is 7.11 Å². The molecule has 3 N–H and O–H groups in total. The molecule has 0 spiro atoms. The lowest BCUT2D eigenvalue weighted by Crippen LogP contribution is -2.53. The Morgan fingerprint density at radius 1 is 1.10 bits per heavy atom. The van der Waals surface area contributed by atoms with Gasteiger partial charge in [-0.1, -0.05) is 62.7 Å². The quantitative estimate of drug-likeness (QED) is 0.225. The van der Waals surface area contributed by atoms with E-state index in [9.17, 15) is 14.4 Å². The van der Waals surface area contributed by atoms with Crippen molar-refractivity contribution >= 4 is 23.5 Å². The van der Waals surface area contributed by atoms with Crippen LogP contribution in [0, 0.1) is 5.92 Å². The molecule has 1 aromatic rings. The van der Waals surface area contributed by atoms with Crippen LogP contribution in [0.5, 0.6) is 0 Å². The summed E-state index contributed by atoms with van der Waals surface area (Å²) in [6, 6.07) is 7.49. The lowest BCUT2D eigenvalue weighted by molar-refractivity contribution is -0.145. The van der Waals surface area contributed by atoms with E-state index in [2.05, 4.69) is 15.8 Å². The molecule has 29 heavy (non-hydrogen) atoms. The molecule has 0 aliphatic carbocycles. The minimum atomic E-state index is -0.886. The van der Waals surface area contributed by atoms with E-state index >= 15 is 0 Å². The summed E-state index contributed by atoms with van der Waals surface area (Å²) in [5, 5.41) is 17.4. The van der Waals surface area contributed by atoms with Crippen LogP contribution in [0.2, 0.25) is 0 Å². The van der Waals surface area contributed by atoms with E-state index in [1.165, 1.54) is 7.11 Å². The van der Waals surface area contributed by atoms with E-state index in [1.807, 2.05) is 51.1 Å². The van der Waals surface area contributed by atoms with Crippen LogP contribution in [0.4, 0.5) is 0 Å². The number of oxime groups is 1. The minimum absolute atomic E-state index is 0.0390. The average molecular weight is 405 g/mol. The van der Waals surface area contributed by atoms with Gasteiger partial charge in [-0.2, -0.15) is 0 Å². The summed E-state index contributed by atoms with van der Waals surface area (Å²) < 4.78 is 4.82. The summed E-state index contributed by atoms with van der Waals surface area (Å²) >= 11 is 0. The first-order valence-corrected chi connectivity index (χ1v) is 9.76. The second kappa shape index (κ2) is 12.5. The van der Waals surface area contributed by atoms with E-state index in [1.54, 1.807) is 0 Å². The zero-order chi connectivity index (χ0) is 21.8. The highest BCUT2D eigenvalue weighted by atomic mass is 16.5. The number of ether oxygens (including phenoxy) is 1. The molecule has 1 aromatic carbocycles. The third kappa shape index (κ3) is 8.33. The van der Waals surface area contributed by atoms with Gasteiger partial charge in [0.15, 0.2) is 0 Å². The van der Waals surface area contributed by atoms with Gasteiger partial charge in [0, 0.05) is 6.42 Å². The SMILES string of the molecule is CCC/C(=N\O)C(=O)N[C@@H](CC(C)C)C(=O)N[C@@H](Cc1ccccc1)C(=O)OC. The molecule has 1 rings (SSSR count). The van der Waals surface area contributed by atoms with Gasteiger partial charge in [0.2, 0.25) is 5.91 Å². The Hall–Kier alpha value is -2.90. The Morgan fingerprint density at radius 3 is 2.28 bits per heavy atom. The highest BCUT2D eigenvalue weighted by molar-refractivity contribution is 6.39. The number of hydrogen-bond acceptors (Lipinski definition) is 6. The molecule has 8 nitrogen and oxygen atoms in total. The predicted molar refractivity (Wildman–Crippen MR) is 110 cm³/mol. The van der Waals surface area contributed by atoms with Gasteiger partial charge in [-0.25, -0.2) is 4.79 Å². The second-order valence-corrected chi connectivity index (χ2v) is 7.23. The predicted octanol–water partition coefficient (Wildman–Crippen LogP) is 2.05. The van der Waals surface area contributed by atoms with Crippen LogP contribution in [0.15, 0.2) is 35.5 Å². The molecule has 0 bridgehead atoms. The number of rotatable bonds is 11. The van der Waals surface area contributed by atoms with Crippen molar-refractivity contribution in [3.63, 3.8) is 0 Å². The van der Waals surface area contributed by atoms with Crippen molar-refractivity contribution in [2.45, 2.75) is 58.5 Å². The van der Waals surface area contributed by atoms with Gasteiger partial charge in [-0.05, 0) is 24.3 Å². The molecule has 2 amide bonds. The lowest BCUT2D eigenvalue weighted by atomic mass is 10.0. The largest absolute Gasteiger partial charge is 0.467 e. The average Bonchev–Trinajstić information content (AvgIpc) is 2.70. The van der Waals surface area contributed by atoms with E-state index < -0.39 is 29.9 Å². The highest BCUT2D eigenvalue weighted by Crippen LogP contribution is 2.09. The fourth-order valence-electron chi connectivity index (χ4n) is 2.85. The third-order valence-corrected chi connectivity index (χ3v) is 4.28. The Kier molecular flexibility index (Phi) is 10.4. The number of esters is 1. The van der Waals surface area contributed by atoms with Crippen LogP contribution in [0.1, 0.15) is 45.6 Å². The van der Waals surface area contributed by atoms with E-state index in [0.717, 1.165) is 5.56 Å². The number of carbonyl (C=O) groups excluding carboxylic acids is 3. The second-order valence-electron chi connectivity index (χ2n) is 7.23. The van der Waals surface area contributed by atoms with Crippen LogP contribution in [-0.4, -0.2) is 47.9 Å². The molecule has 0 saturated heterocycles. The monoisotopic (exact) mass is 405 g/mol. The molecule has 0 unspecified atom stereocenters. The fourth-order valence-corrected chi connectivity index (χ4v) is 2.85. The first-order chi connectivity index (χ1) is 13.8. The topological polar surface area (TPSA) is 117 Å². The van der Waals surface area contributed by atoms with Crippen LogP contribution >= 0.6 is 0 Å². The molecule has 0 heterocycles. The number of nitrogens with one attached hydrogen (secondary N) is 2. The maximum absolute atomic E-state index is 12.9. The maximum Gasteiger partial charge on any atom is 0.328 e. The third-order valence-electron chi connectivity index (χ3n) is 4.28. The standard InChI is InChI=1S/C21H31N3O5/c1-5-9-16(24-28)19(25)22-17(12-14(2)3)20(26)23-18(21(27)29-4)13-15-10-7-6-8-11-15/h6-8,10-11,14,17-18,28H,5,9,12-13H2,1-4H3,(H,22,25)(H,23,26)/b24-16+/t17-,18-/m0/s1. The Morgan fingerprint density at radius 2 is 1.76 bits per heavy atom. The van der Waals surface area contributed by atoms with Crippen molar-refractivity contribution in [1.29, 1.82) is 0 Å². The molecule has 0 aromatic heterocycles. The Balaban J connectivity index is 2.94. The van der Waals surface area contributed by atoms with Crippen LogP contribution < -0.4 is 10.6 Å². The zero-order valence-corrected chi connectivity index (χ0v) is 17.5. The summed E-state index contributed by atoms with van der Waals surface area (Å²) in [5.41, 5.74) is 0.827. The van der Waals surface area contributed by atoms with Gasteiger partial charge < -0.3 is 20.6 Å². The summed E-state index contributed by atoms with van der Waals surface area (Å²) in [7, 11) is 1.26. The van der Waals surface area contributed by atoms with Crippen molar-refractivity contribution in [3.05, 3.63) is 35.9 Å². The summed E-state index contributed by atoms with van der Waals surface area (Å²) in [6.45, 7) is 5.68. The first kappa shape index (κ1) is 24.1. The maximum atomic E-state index is 12.9. The van der Waals surface area contributed by atoms with Crippen molar-refractivity contribution in [2.24, 2.45) is 11.1 Å². The van der Waals surface area contributed by atoms with Crippen molar-refractivity contribution in [2.75, 3.05) is 7.11 Å². The fraction of sp³-hybridized carbons (Fsp3) is 0.524. The van der Waals surface area contributed by atoms with E-state index in [0.29, 0.717) is 12.8 Å². The number of amides is 2. The van der Waals surface area contributed by atoms with Gasteiger partial charge in [-0.15, -0.1) is 0 Å². The zero-order valence-electron chi connectivity index (χ0n) is 17.5. The molecule has 8 heteroatoms. The van der Waals surface area contributed by atoms with Gasteiger partial charge >= 0.3 is 5.97 Å². The molecule has 160 valence electrons. The summed E-state index contributed by atoms with van der Waals surface area (Å²) in [4.78, 5) is 37.4. The highest BCUT2D eigenvalue weighted by Gasteiger charge is 2.29. The van der Waals surface area contributed by atoms with Crippen molar-refractivity contribution in [3.8, 4) is 0 Å². The van der Waals surface area contributed by atoms with Crippen LogP contribution in [0.25, 0.3) is 0 Å². The molecule has 0 radical (unpaired) electrons. The van der Waals surface area contributed by atoms with Crippen molar-refractivity contribution in [1.82, 2.24) is 10.6 Å². The summed E-state index contributed by atoms with van der Waals surface area (Å²) in [5.74, 6) is -1.56. The lowest BCUT2D eigenvalue weighted by Gasteiger charge is -2.23. The van der Waals surface area contributed by atoms with Gasteiger partial charge in [-0.3, -0.25) is 9.59 Å². The normalized spacial score (nSPS) is 13.5. The van der Waals surface area contributed by atoms with E-state index in [4.69, 9.17) is 9.94 Å². The van der Waals surface area contributed by atoms with Gasteiger partial charge in [0.1, 0.15) is 17.8 Å². The molecule has 0 aliphatic rings. The summed E-state index contributed by atoms with van der Waals surface area (Å²) in [6.07, 6.45) is 1.54. The van der Waals surface area contributed by atoms with Crippen molar-refractivity contribution < 1.29 is 24.3 Å².